The number of aromatic amines is 1. The lowest BCUT2D eigenvalue weighted by molar-refractivity contribution is -0.123. The molecule has 1 aliphatic rings. The number of aromatic nitrogens is 2. The Morgan fingerprint density at radius 2 is 1.97 bits per heavy atom. The van der Waals surface area contributed by atoms with E-state index in [0.29, 0.717) is 24.4 Å². The van der Waals surface area contributed by atoms with Crippen molar-refractivity contribution in [1.29, 1.82) is 0 Å². The number of amides is 1. The normalized spacial score (nSPS) is 20.4. The molecule has 2 heterocycles. The summed E-state index contributed by atoms with van der Waals surface area (Å²) in [7, 11) is 0. The Morgan fingerprint density at radius 1 is 1.28 bits per heavy atom. The Bertz CT molecular complexity index is 920. The van der Waals surface area contributed by atoms with Crippen molar-refractivity contribution in [1.82, 2.24) is 26.1 Å². The second kappa shape index (κ2) is 8.42. The van der Waals surface area contributed by atoms with E-state index in [0.717, 1.165) is 5.56 Å². The molecular formula is C21H28FN5O2. The van der Waals surface area contributed by atoms with Gasteiger partial charge in [0.05, 0.1) is 11.7 Å². The molecule has 1 fully saturated rings. The Labute approximate surface area is 169 Å². The number of aryl methyl sites for hydroxylation is 1. The molecule has 0 radical (unpaired) electrons. The number of nitrogens with one attached hydrogen (secondary N) is 4. The minimum Gasteiger partial charge on any atom is -0.348 e. The van der Waals surface area contributed by atoms with Crippen LogP contribution in [0.25, 0.3) is 0 Å². The first-order valence-corrected chi connectivity index (χ1v) is 9.75. The van der Waals surface area contributed by atoms with Crippen LogP contribution in [0.2, 0.25) is 0 Å². The van der Waals surface area contributed by atoms with E-state index in [9.17, 15) is 14.0 Å². The Hall–Kier alpha value is -2.58. The number of carbonyl (C=O) groups is 1. The van der Waals surface area contributed by atoms with E-state index in [1.54, 1.807) is 19.1 Å². The molecule has 0 spiro atoms. The van der Waals surface area contributed by atoms with E-state index in [2.05, 4.69) is 46.9 Å². The van der Waals surface area contributed by atoms with Gasteiger partial charge in [-0.25, -0.2) is 14.8 Å². The van der Waals surface area contributed by atoms with E-state index < -0.39 is 6.04 Å². The largest absolute Gasteiger partial charge is 0.348 e. The molecule has 1 aromatic heterocycles. The highest BCUT2D eigenvalue weighted by Gasteiger charge is 2.36. The van der Waals surface area contributed by atoms with Gasteiger partial charge in [-0.1, -0.05) is 32.9 Å². The van der Waals surface area contributed by atoms with Crippen molar-refractivity contribution in [2.45, 2.75) is 58.7 Å². The van der Waals surface area contributed by atoms with Crippen LogP contribution in [0, 0.1) is 18.2 Å². The third kappa shape index (κ3) is 5.48. The van der Waals surface area contributed by atoms with Crippen LogP contribution in [0.3, 0.4) is 0 Å². The standard InChI is InChI=1S/C21H28FN5O2/c1-12-23-15(10-19(28)24-12)9-16(13-5-7-14(22)8-6-13)25-20(29)17-11-18(27-26-17)21(2,3)4/h5-8,10,16-18,26-27H,9,11H2,1-4H3,(H,25,29)(H,23,24,28). The van der Waals surface area contributed by atoms with Crippen molar-refractivity contribution in [2.24, 2.45) is 5.41 Å². The maximum atomic E-state index is 13.4. The van der Waals surface area contributed by atoms with Crippen molar-refractivity contribution < 1.29 is 9.18 Å². The number of hydrogen-bond donors (Lipinski definition) is 4. The molecule has 1 aliphatic heterocycles. The minimum absolute atomic E-state index is 0.0188. The van der Waals surface area contributed by atoms with Gasteiger partial charge in [0.15, 0.2) is 0 Å². The molecule has 1 amide bonds. The van der Waals surface area contributed by atoms with Crippen LogP contribution in [-0.4, -0.2) is 28.0 Å². The van der Waals surface area contributed by atoms with Crippen LogP contribution >= 0.6 is 0 Å². The highest BCUT2D eigenvalue weighted by Crippen LogP contribution is 2.26. The van der Waals surface area contributed by atoms with Gasteiger partial charge in [-0.2, -0.15) is 0 Å². The number of carbonyl (C=O) groups excluding carboxylic acids is 1. The Morgan fingerprint density at radius 3 is 2.55 bits per heavy atom. The predicted molar refractivity (Wildman–Crippen MR) is 109 cm³/mol. The zero-order chi connectivity index (χ0) is 21.2. The quantitative estimate of drug-likeness (QED) is 0.613. The highest BCUT2D eigenvalue weighted by molar-refractivity contribution is 5.82. The molecule has 0 bridgehead atoms. The van der Waals surface area contributed by atoms with Crippen LogP contribution in [0.15, 0.2) is 35.1 Å². The van der Waals surface area contributed by atoms with Gasteiger partial charge in [0, 0.05) is 18.5 Å². The van der Waals surface area contributed by atoms with Gasteiger partial charge in [-0.05, 0) is 36.5 Å². The first-order valence-electron chi connectivity index (χ1n) is 9.75. The summed E-state index contributed by atoms with van der Waals surface area (Å²) in [6, 6.07) is 6.76. The lowest BCUT2D eigenvalue weighted by atomic mass is 9.84. The van der Waals surface area contributed by atoms with Crippen molar-refractivity contribution in [3.05, 3.63) is 63.6 Å². The number of halogens is 1. The van der Waals surface area contributed by atoms with Gasteiger partial charge in [-0.15, -0.1) is 0 Å². The fraction of sp³-hybridized carbons (Fsp3) is 0.476. The van der Waals surface area contributed by atoms with Gasteiger partial charge in [0.1, 0.15) is 17.7 Å². The molecule has 2 aromatic rings. The van der Waals surface area contributed by atoms with Gasteiger partial charge in [0.2, 0.25) is 5.91 Å². The second-order valence-corrected chi connectivity index (χ2v) is 8.63. The van der Waals surface area contributed by atoms with Crippen LogP contribution < -0.4 is 21.7 Å². The fourth-order valence-electron chi connectivity index (χ4n) is 3.47. The first kappa shape index (κ1) is 21.1. The van der Waals surface area contributed by atoms with Crippen LogP contribution in [-0.2, 0) is 11.2 Å². The smallest absolute Gasteiger partial charge is 0.251 e. The predicted octanol–water partition coefficient (Wildman–Crippen LogP) is 1.90. The molecule has 3 rings (SSSR count). The van der Waals surface area contributed by atoms with Gasteiger partial charge in [0.25, 0.3) is 5.56 Å². The molecule has 1 aromatic carbocycles. The third-order valence-corrected chi connectivity index (χ3v) is 5.18. The third-order valence-electron chi connectivity index (χ3n) is 5.18. The maximum Gasteiger partial charge on any atom is 0.251 e. The molecule has 0 aliphatic carbocycles. The fourth-order valence-corrected chi connectivity index (χ4v) is 3.47. The molecule has 8 heteroatoms. The molecule has 7 nitrogen and oxygen atoms in total. The molecule has 4 N–H and O–H groups in total. The monoisotopic (exact) mass is 401 g/mol. The summed E-state index contributed by atoms with van der Waals surface area (Å²) in [4.78, 5) is 31.7. The van der Waals surface area contributed by atoms with E-state index in [-0.39, 0.29) is 34.8 Å². The summed E-state index contributed by atoms with van der Waals surface area (Å²) in [5.41, 5.74) is 7.35. The van der Waals surface area contributed by atoms with E-state index in [4.69, 9.17) is 0 Å². The zero-order valence-electron chi connectivity index (χ0n) is 17.2. The number of H-pyrrole nitrogens is 1. The SMILES string of the molecule is Cc1nc(CC(NC(=O)C2CC(C(C)(C)C)NN2)c2ccc(F)cc2)cc(=O)[nH]1. The van der Waals surface area contributed by atoms with Gasteiger partial charge in [-0.3, -0.25) is 15.0 Å². The van der Waals surface area contributed by atoms with Crippen LogP contribution in [0.5, 0.6) is 0 Å². The molecular weight excluding hydrogens is 373 g/mol. The van der Waals surface area contributed by atoms with Gasteiger partial charge < -0.3 is 10.3 Å². The highest BCUT2D eigenvalue weighted by atomic mass is 19.1. The average molecular weight is 401 g/mol. The minimum atomic E-state index is -0.438. The molecule has 3 atom stereocenters. The molecule has 29 heavy (non-hydrogen) atoms. The van der Waals surface area contributed by atoms with Crippen molar-refractivity contribution in [2.75, 3.05) is 0 Å². The zero-order valence-corrected chi connectivity index (χ0v) is 17.2. The number of hydrogen-bond acceptors (Lipinski definition) is 5. The van der Waals surface area contributed by atoms with Gasteiger partial charge >= 0.3 is 0 Å². The first-order chi connectivity index (χ1) is 13.6. The lowest BCUT2D eigenvalue weighted by Crippen LogP contribution is -2.45. The Kier molecular flexibility index (Phi) is 6.14. The van der Waals surface area contributed by atoms with Crippen molar-refractivity contribution >= 4 is 5.91 Å². The number of hydrazine groups is 1. The summed E-state index contributed by atoms with van der Waals surface area (Å²) in [6.45, 7) is 8.07. The van der Waals surface area contributed by atoms with E-state index in [1.165, 1.54) is 18.2 Å². The Balaban J connectivity index is 1.79. The topological polar surface area (TPSA) is 98.9 Å². The lowest BCUT2D eigenvalue weighted by Gasteiger charge is -2.26. The van der Waals surface area contributed by atoms with Crippen LogP contribution in [0.1, 0.15) is 50.3 Å². The summed E-state index contributed by atoms with van der Waals surface area (Å²) < 4.78 is 13.4. The summed E-state index contributed by atoms with van der Waals surface area (Å²) >= 11 is 0. The maximum absolute atomic E-state index is 13.4. The second-order valence-electron chi connectivity index (χ2n) is 8.63. The molecule has 3 unspecified atom stereocenters. The summed E-state index contributed by atoms with van der Waals surface area (Å²) in [5.74, 6) is 0.00475. The molecule has 1 saturated heterocycles. The van der Waals surface area contributed by atoms with Crippen LogP contribution in [0.4, 0.5) is 4.39 Å². The van der Waals surface area contributed by atoms with Crippen molar-refractivity contribution in [3.8, 4) is 0 Å². The number of rotatable bonds is 5. The summed E-state index contributed by atoms with van der Waals surface area (Å²) in [5, 5.41) is 3.04. The number of benzene rings is 1. The molecule has 156 valence electrons. The molecule has 0 saturated carbocycles. The number of nitrogens with zero attached hydrogens (tertiary/aromatic N) is 1. The average Bonchev–Trinajstić information content (AvgIpc) is 3.11. The van der Waals surface area contributed by atoms with E-state index >= 15 is 0 Å². The van der Waals surface area contributed by atoms with Crippen molar-refractivity contribution in [3.63, 3.8) is 0 Å². The van der Waals surface area contributed by atoms with E-state index in [1.807, 2.05) is 0 Å². The summed E-state index contributed by atoms with van der Waals surface area (Å²) in [6.07, 6.45) is 0.985.